The topological polar surface area (TPSA) is 106 Å². The van der Waals surface area contributed by atoms with E-state index in [-0.39, 0.29) is 34.1 Å². The number of hydrogen-bond acceptors (Lipinski definition) is 6. The van der Waals surface area contributed by atoms with Gasteiger partial charge in [0.2, 0.25) is 15.8 Å². The van der Waals surface area contributed by atoms with Crippen molar-refractivity contribution >= 4 is 19.9 Å². The number of nitrogens with one attached hydrogen (secondary N) is 1. The van der Waals surface area contributed by atoms with Crippen LogP contribution in [0.5, 0.6) is 0 Å². The van der Waals surface area contributed by atoms with Gasteiger partial charge in [0, 0.05) is 17.7 Å². The van der Waals surface area contributed by atoms with Gasteiger partial charge in [-0.1, -0.05) is 17.3 Å². The highest BCUT2D eigenvalue weighted by Gasteiger charge is 2.36. The van der Waals surface area contributed by atoms with Gasteiger partial charge in [-0.25, -0.2) is 21.6 Å². The summed E-state index contributed by atoms with van der Waals surface area (Å²) in [5.74, 6) is -1.68. The maximum Gasteiger partial charge on any atom is 0.452 e. The molecule has 12 heteroatoms. The van der Waals surface area contributed by atoms with E-state index in [1.165, 1.54) is 25.1 Å². The average molecular weight is 424 g/mol. The van der Waals surface area contributed by atoms with Crippen LogP contribution in [-0.2, 0) is 26.0 Å². The van der Waals surface area contributed by atoms with Gasteiger partial charge in [-0.15, -0.1) is 0 Å². The van der Waals surface area contributed by atoms with Crippen molar-refractivity contribution < 1.29 is 34.5 Å². The minimum atomic E-state index is -4.71. The molecule has 1 aliphatic heterocycles. The number of rotatable bonds is 4. The van der Waals surface area contributed by atoms with Gasteiger partial charge >= 0.3 is 6.18 Å². The van der Waals surface area contributed by atoms with Crippen LogP contribution in [0.25, 0.3) is 11.3 Å². The standard InChI is InChI=1S/C15H15F3N2O5S2/c1-9-2-3-10(12-7-14(25-19-12)15(16,17)18)6-13(9)27(23,24)20-11-4-5-26(21,22)8-11/h2-3,6-7,11,20H,4-5,8H2,1H3/t11-/m0/s1. The van der Waals surface area contributed by atoms with E-state index in [0.717, 1.165) is 0 Å². The molecule has 0 amide bonds. The van der Waals surface area contributed by atoms with Gasteiger partial charge in [-0.3, -0.25) is 0 Å². The summed E-state index contributed by atoms with van der Waals surface area (Å²) >= 11 is 0. The number of nitrogens with zero attached hydrogens (tertiary/aromatic N) is 1. The van der Waals surface area contributed by atoms with Crippen LogP contribution in [0.2, 0.25) is 0 Å². The zero-order valence-electron chi connectivity index (χ0n) is 13.9. The van der Waals surface area contributed by atoms with Crippen molar-refractivity contribution in [1.29, 1.82) is 0 Å². The monoisotopic (exact) mass is 424 g/mol. The van der Waals surface area contributed by atoms with Gasteiger partial charge < -0.3 is 4.52 Å². The summed E-state index contributed by atoms with van der Waals surface area (Å²) in [6.45, 7) is 1.52. The normalized spacial score (nSPS) is 20.1. The number of sulfone groups is 1. The van der Waals surface area contributed by atoms with E-state index in [1.54, 1.807) is 0 Å². The lowest BCUT2D eigenvalue weighted by atomic mass is 10.1. The van der Waals surface area contributed by atoms with Crippen LogP contribution in [0.3, 0.4) is 0 Å². The fourth-order valence-corrected chi connectivity index (χ4v) is 6.08. The molecule has 0 saturated carbocycles. The van der Waals surface area contributed by atoms with E-state index in [2.05, 4.69) is 14.4 Å². The fraction of sp³-hybridized carbons (Fsp3) is 0.400. The molecule has 3 rings (SSSR count). The summed E-state index contributed by atoms with van der Waals surface area (Å²) in [5.41, 5.74) is 0.313. The number of aryl methyl sites for hydroxylation is 1. The lowest BCUT2D eigenvalue weighted by Gasteiger charge is -2.14. The first kappa shape index (κ1) is 19.8. The molecule has 0 unspecified atom stereocenters. The molecule has 1 aliphatic rings. The predicted molar refractivity (Wildman–Crippen MR) is 89.1 cm³/mol. The zero-order chi connectivity index (χ0) is 20.0. The van der Waals surface area contributed by atoms with Gasteiger partial charge in [-0.05, 0) is 25.0 Å². The van der Waals surface area contributed by atoms with Gasteiger partial charge in [0.05, 0.1) is 16.4 Å². The van der Waals surface area contributed by atoms with Crippen LogP contribution in [-0.4, -0.2) is 39.5 Å². The lowest BCUT2D eigenvalue weighted by Crippen LogP contribution is -2.35. The van der Waals surface area contributed by atoms with Crippen molar-refractivity contribution in [2.45, 2.75) is 30.5 Å². The summed E-state index contributed by atoms with van der Waals surface area (Å²) in [6, 6.07) is 3.97. The third-order valence-corrected chi connectivity index (χ3v) is 7.55. The van der Waals surface area contributed by atoms with Crippen LogP contribution in [0, 0.1) is 6.92 Å². The minimum Gasteiger partial charge on any atom is -0.351 e. The second kappa shape index (κ2) is 6.60. The highest BCUT2D eigenvalue weighted by atomic mass is 32.2. The Morgan fingerprint density at radius 2 is 1.96 bits per heavy atom. The predicted octanol–water partition coefficient (Wildman–Crippen LogP) is 2.13. The molecule has 0 radical (unpaired) electrons. The quantitative estimate of drug-likeness (QED) is 0.806. The molecule has 1 aromatic heterocycles. The Morgan fingerprint density at radius 3 is 2.52 bits per heavy atom. The third-order valence-electron chi connectivity index (χ3n) is 4.12. The van der Waals surface area contributed by atoms with Gasteiger partial charge in [-0.2, -0.15) is 13.2 Å². The highest BCUT2D eigenvalue weighted by molar-refractivity contribution is 7.92. The van der Waals surface area contributed by atoms with Crippen molar-refractivity contribution in [3.8, 4) is 11.3 Å². The number of halogens is 3. The number of aromatic nitrogens is 1. The molecule has 27 heavy (non-hydrogen) atoms. The molecule has 2 aromatic rings. The molecular formula is C15H15F3N2O5S2. The van der Waals surface area contributed by atoms with E-state index in [0.29, 0.717) is 11.6 Å². The van der Waals surface area contributed by atoms with E-state index in [1.807, 2.05) is 0 Å². The van der Waals surface area contributed by atoms with E-state index < -0.39 is 37.8 Å². The summed E-state index contributed by atoms with van der Waals surface area (Å²) in [5, 5.41) is 3.34. The Bertz CT molecular complexity index is 1080. The first-order valence-corrected chi connectivity index (χ1v) is 11.1. The Balaban J connectivity index is 1.92. The Kier molecular flexibility index (Phi) is 4.85. The van der Waals surface area contributed by atoms with E-state index >= 15 is 0 Å². The molecule has 0 bridgehead atoms. The van der Waals surface area contributed by atoms with Crippen molar-refractivity contribution in [2.75, 3.05) is 11.5 Å². The maximum atomic E-state index is 12.7. The van der Waals surface area contributed by atoms with Gasteiger partial charge in [0.25, 0.3) is 0 Å². The van der Waals surface area contributed by atoms with Crippen LogP contribution in [0.4, 0.5) is 13.2 Å². The van der Waals surface area contributed by atoms with Crippen LogP contribution in [0.1, 0.15) is 17.7 Å². The number of hydrogen-bond donors (Lipinski definition) is 1. The summed E-state index contributed by atoms with van der Waals surface area (Å²) < 4.78 is 92.9. The largest absolute Gasteiger partial charge is 0.452 e. The van der Waals surface area contributed by atoms with Crippen molar-refractivity contribution in [3.63, 3.8) is 0 Å². The van der Waals surface area contributed by atoms with Crippen LogP contribution >= 0.6 is 0 Å². The Morgan fingerprint density at radius 1 is 1.26 bits per heavy atom. The third kappa shape index (κ3) is 4.33. The summed E-state index contributed by atoms with van der Waals surface area (Å²) in [4.78, 5) is -0.166. The summed E-state index contributed by atoms with van der Waals surface area (Å²) in [6.07, 6.45) is -4.54. The SMILES string of the molecule is Cc1ccc(-c2cc(C(F)(F)F)on2)cc1S(=O)(=O)N[C@H]1CCS(=O)(=O)C1. The molecule has 0 spiro atoms. The first-order valence-electron chi connectivity index (χ1n) is 7.75. The van der Waals surface area contributed by atoms with Gasteiger partial charge in [0.1, 0.15) is 5.69 Å². The molecule has 2 heterocycles. The molecule has 1 atom stereocenters. The second-order valence-corrected chi connectivity index (χ2v) is 10.2. The van der Waals surface area contributed by atoms with E-state index in [4.69, 9.17) is 0 Å². The molecule has 7 nitrogen and oxygen atoms in total. The number of benzene rings is 1. The molecule has 148 valence electrons. The molecule has 1 aromatic carbocycles. The van der Waals surface area contributed by atoms with Crippen LogP contribution in [0.15, 0.2) is 33.7 Å². The molecule has 1 saturated heterocycles. The molecule has 0 aliphatic carbocycles. The average Bonchev–Trinajstić information content (AvgIpc) is 3.13. The van der Waals surface area contributed by atoms with Crippen LogP contribution < -0.4 is 4.72 Å². The van der Waals surface area contributed by atoms with Crippen molar-refractivity contribution in [1.82, 2.24) is 9.88 Å². The first-order chi connectivity index (χ1) is 12.4. The summed E-state index contributed by atoms with van der Waals surface area (Å²) in [7, 11) is -7.35. The Hall–Kier alpha value is -1.92. The highest BCUT2D eigenvalue weighted by Crippen LogP contribution is 2.33. The maximum absolute atomic E-state index is 12.7. The van der Waals surface area contributed by atoms with Crippen molar-refractivity contribution in [2.24, 2.45) is 0 Å². The number of sulfonamides is 1. The smallest absolute Gasteiger partial charge is 0.351 e. The van der Waals surface area contributed by atoms with E-state index in [9.17, 15) is 30.0 Å². The molecular weight excluding hydrogens is 409 g/mol. The number of alkyl halides is 3. The molecule has 1 N–H and O–H groups in total. The minimum absolute atomic E-state index is 0.0988. The Labute approximate surface area is 153 Å². The fourth-order valence-electron chi connectivity index (χ4n) is 2.76. The zero-order valence-corrected chi connectivity index (χ0v) is 15.6. The van der Waals surface area contributed by atoms with Gasteiger partial charge in [0.15, 0.2) is 9.84 Å². The molecule has 1 fully saturated rings. The van der Waals surface area contributed by atoms with Crippen molar-refractivity contribution in [3.05, 3.63) is 35.6 Å². The second-order valence-electron chi connectivity index (χ2n) is 6.28. The lowest BCUT2D eigenvalue weighted by molar-refractivity contribution is -0.155.